The van der Waals surface area contributed by atoms with E-state index >= 15 is 0 Å². The topological polar surface area (TPSA) is 44.5 Å². The molecule has 28 heavy (non-hydrogen) atoms. The lowest BCUT2D eigenvalue weighted by Crippen LogP contribution is -2.14. The average Bonchev–Trinajstić information content (AvgIpc) is 2.73. The summed E-state index contributed by atoms with van der Waals surface area (Å²) in [6.07, 6.45) is 0. The van der Waals surface area contributed by atoms with Gasteiger partial charge in [0, 0.05) is 11.1 Å². The smallest absolute Gasteiger partial charge is 0.135 e. The standard InChI is InChI=1S/C23H23F2NO2/c1-2-27-19-12-16(15-28-18-7-4-3-5-8-18)11-17(13-19)20-9-6-10-21(23(20)25)22(26)14-24/h3-13,22H,2,14-15,26H2,1H3. The van der Waals surface area contributed by atoms with Crippen LogP contribution in [0.25, 0.3) is 11.1 Å². The number of alkyl halides is 1. The van der Waals surface area contributed by atoms with E-state index in [2.05, 4.69) is 0 Å². The highest BCUT2D eigenvalue weighted by Crippen LogP contribution is 2.31. The van der Waals surface area contributed by atoms with Crippen LogP contribution in [0.1, 0.15) is 24.1 Å². The lowest BCUT2D eigenvalue weighted by atomic mass is 9.97. The highest BCUT2D eigenvalue weighted by molar-refractivity contribution is 5.68. The normalized spacial score (nSPS) is 11.9. The Morgan fingerprint density at radius 3 is 2.43 bits per heavy atom. The van der Waals surface area contributed by atoms with Crippen molar-refractivity contribution in [2.75, 3.05) is 13.3 Å². The van der Waals surface area contributed by atoms with Crippen LogP contribution in [0.2, 0.25) is 0 Å². The molecule has 3 nitrogen and oxygen atoms in total. The van der Waals surface area contributed by atoms with Gasteiger partial charge in [0.25, 0.3) is 0 Å². The Hall–Kier alpha value is -2.92. The van der Waals surface area contributed by atoms with Gasteiger partial charge in [-0.25, -0.2) is 8.78 Å². The molecule has 146 valence electrons. The number of nitrogens with two attached hydrogens (primary N) is 1. The van der Waals surface area contributed by atoms with Crippen molar-refractivity contribution in [2.45, 2.75) is 19.6 Å². The summed E-state index contributed by atoms with van der Waals surface area (Å²) >= 11 is 0. The van der Waals surface area contributed by atoms with Gasteiger partial charge in [0.1, 0.15) is 30.6 Å². The number of benzene rings is 3. The molecule has 0 spiro atoms. The first kappa shape index (κ1) is 19.8. The fraction of sp³-hybridized carbons (Fsp3) is 0.217. The molecule has 0 aliphatic carbocycles. The van der Waals surface area contributed by atoms with Crippen LogP contribution in [-0.4, -0.2) is 13.3 Å². The second kappa shape index (κ2) is 9.33. The average molecular weight is 383 g/mol. The maximum Gasteiger partial charge on any atom is 0.135 e. The zero-order chi connectivity index (χ0) is 19.9. The largest absolute Gasteiger partial charge is 0.494 e. The molecule has 3 rings (SSSR count). The predicted molar refractivity (Wildman–Crippen MR) is 107 cm³/mol. The number of hydrogen-bond donors (Lipinski definition) is 1. The van der Waals surface area contributed by atoms with Crippen LogP contribution >= 0.6 is 0 Å². The van der Waals surface area contributed by atoms with Crippen LogP contribution in [0.4, 0.5) is 8.78 Å². The van der Waals surface area contributed by atoms with Crippen molar-refractivity contribution >= 4 is 0 Å². The summed E-state index contributed by atoms with van der Waals surface area (Å²) < 4.78 is 39.4. The van der Waals surface area contributed by atoms with Crippen LogP contribution in [-0.2, 0) is 6.61 Å². The van der Waals surface area contributed by atoms with E-state index in [1.807, 2.05) is 49.4 Å². The SMILES string of the molecule is CCOc1cc(COc2ccccc2)cc(-c2cccc(C(N)CF)c2F)c1. The fourth-order valence-corrected chi connectivity index (χ4v) is 2.98. The second-order valence-corrected chi connectivity index (χ2v) is 6.37. The van der Waals surface area contributed by atoms with Gasteiger partial charge in [0.05, 0.1) is 12.6 Å². The molecule has 0 aliphatic rings. The van der Waals surface area contributed by atoms with E-state index in [1.54, 1.807) is 18.2 Å². The lowest BCUT2D eigenvalue weighted by Gasteiger charge is -2.15. The lowest BCUT2D eigenvalue weighted by molar-refractivity contribution is 0.303. The summed E-state index contributed by atoms with van der Waals surface area (Å²) in [5.41, 5.74) is 7.67. The van der Waals surface area contributed by atoms with Crippen LogP contribution in [0.3, 0.4) is 0 Å². The molecule has 0 bridgehead atoms. The van der Waals surface area contributed by atoms with E-state index in [-0.39, 0.29) is 5.56 Å². The summed E-state index contributed by atoms with van der Waals surface area (Å²) in [6, 6.07) is 18.8. The molecule has 0 aromatic heterocycles. The molecule has 0 fully saturated rings. The second-order valence-electron chi connectivity index (χ2n) is 6.37. The predicted octanol–water partition coefficient (Wildman–Crippen LogP) is 5.44. The van der Waals surface area contributed by atoms with E-state index in [1.165, 1.54) is 6.07 Å². The molecule has 2 N–H and O–H groups in total. The number of rotatable bonds is 8. The molecule has 5 heteroatoms. The Morgan fingerprint density at radius 2 is 1.71 bits per heavy atom. The molecule has 1 atom stereocenters. The quantitative estimate of drug-likeness (QED) is 0.563. The molecule has 0 saturated carbocycles. The van der Waals surface area contributed by atoms with Crippen molar-refractivity contribution in [3.8, 4) is 22.6 Å². The Balaban J connectivity index is 1.95. The number of para-hydroxylation sites is 1. The Bertz CT molecular complexity index is 916. The number of hydrogen-bond acceptors (Lipinski definition) is 3. The molecular weight excluding hydrogens is 360 g/mol. The monoisotopic (exact) mass is 383 g/mol. The molecule has 1 unspecified atom stereocenters. The first-order valence-corrected chi connectivity index (χ1v) is 9.17. The van der Waals surface area contributed by atoms with Gasteiger partial charge in [-0.2, -0.15) is 0 Å². The van der Waals surface area contributed by atoms with Gasteiger partial charge in [-0.05, 0) is 48.4 Å². The third-order valence-corrected chi connectivity index (χ3v) is 4.33. The summed E-state index contributed by atoms with van der Waals surface area (Å²) in [5, 5.41) is 0. The third-order valence-electron chi connectivity index (χ3n) is 4.33. The van der Waals surface area contributed by atoms with Crippen molar-refractivity contribution in [1.29, 1.82) is 0 Å². The molecule has 0 radical (unpaired) electrons. The fourth-order valence-electron chi connectivity index (χ4n) is 2.98. The first-order valence-electron chi connectivity index (χ1n) is 9.17. The molecular formula is C23H23F2NO2. The van der Waals surface area contributed by atoms with E-state index in [4.69, 9.17) is 15.2 Å². The van der Waals surface area contributed by atoms with Crippen LogP contribution in [0.15, 0.2) is 66.7 Å². The summed E-state index contributed by atoms with van der Waals surface area (Å²) in [6.45, 7) is 1.85. The van der Waals surface area contributed by atoms with Gasteiger partial charge in [0.15, 0.2) is 0 Å². The minimum absolute atomic E-state index is 0.156. The minimum atomic E-state index is -0.990. The molecule has 0 amide bonds. The van der Waals surface area contributed by atoms with E-state index in [0.29, 0.717) is 30.1 Å². The Morgan fingerprint density at radius 1 is 0.929 bits per heavy atom. The van der Waals surface area contributed by atoms with Gasteiger partial charge in [-0.1, -0.05) is 36.4 Å². The van der Waals surface area contributed by atoms with Gasteiger partial charge in [-0.15, -0.1) is 0 Å². The summed E-state index contributed by atoms with van der Waals surface area (Å²) in [4.78, 5) is 0. The molecule has 3 aromatic rings. The number of ether oxygens (including phenoxy) is 2. The van der Waals surface area contributed by atoms with Crippen molar-refractivity contribution in [3.63, 3.8) is 0 Å². The summed E-state index contributed by atoms with van der Waals surface area (Å²) in [5.74, 6) is 0.843. The van der Waals surface area contributed by atoms with Crippen molar-refractivity contribution in [2.24, 2.45) is 5.73 Å². The Kier molecular flexibility index (Phi) is 6.61. The zero-order valence-corrected chi connectivity index (χ0v) is 15.7. The Labute approximate surface area is 163 Å². The number of halogens is 2. The van der Waals surface area contributed by atoms with Crippen LogP contribution < -0.4 is 15.2 Å². The van der Waals surface area contributed by atoms with Crippen molar-refractivity contribution < 1.29 is 18.3 Å². The zero-order valence-electron chi connectivity index (χ0n) is 15.7. The molecule has 3 aromatic carbocycles. The molecule has 0 aliphatic heterocycles. The van der Waals surface area contributed by atoms with Crippen LogP contribution in [0, 0.1) is 5.82 Å². The maximum atomic E-state index is 15.0. The van der Waals surface area contributed by atoms with Gasteiger partial charge in [-0.3, -0.25) is 0 Å². The highest BCUT2D eigenvalue weighted by Gasteiger charge is 2.16. The molecule has 0 heterocycles. The van der Waals surface area contributed by atoms with Gasteiger partial charge < -0.3 is 15.2 Å². The van der Waals surface area contributed by atoms with Crippen molar-refractivity contribution in [3.05, 3.63) is 83.7 Å². The first-order chi connectivity index (χ1) is 13.6. The highest BCUT2D eigenvalue weighted by atomic mass is 19.1. The van der Waals surface area contributed by atoms with E-state index < -0.39 is 18.5 Å². The van der Waals surface area contributed by atoms with Gasteiger partial charge >= 0.3 is 0 Å². The minimum Gasteiger partial charge on any atom is -0.494 e. The maximum absolute atomic E-state index is 15.0. The summed E-state index contributed by atoms with van der Waals surface area (Å²) in [7, 11) is 0. The molecule has 0 saturated heterocycles. The van der Waals surface area contributed by atoms with Crippen LogP contribution in [0.5, 0.6) is 11.5 Å². The van der Waals surface area contributed by atoms with Crippen molar-refractivity contribution in [1.82, 2.24) is 0 Å². The van der Waals surface area contributed by atoms with E-state index in [0.717, 1.165) is 11.3 Å². The van der Waals surface area contributed by atoms with E-state index in [9.17, 15) is 8.78 Å². The third kappa shape index (κ3) is 4.67. The van der Waals surface area contributed by atoms with Gasteiger partial charge in [0.2, 0.25) is 0 Å².